The van der Waals surface area contributed by atoms with Gasteiger partial charge in [-0.05, 0) is 12.0 Å². The van der Waals surface area contributed by atoms with Crippen LogP contribution < -0.4 is 0 Å². The molecule has 0 radical (unpaired) electrons. The summed E-state index contributed by atoms with van der Waals surface area (Å²) in [5.74, 6) is 0. The molecule has 0 saturated carbocycles. The highest BCUT2D eigenvalue weighted by Gasteiger charge is 2.66. The Labute approximate surface area is 135 Å². The van der Waals surface area contributed by atoms with Crippen molar-refractivity contribution >= 4 is 17.7 Å². The van der Waals surface area contributed by atoms with Gasteiger partial charge >= 0.3 is 28.8 Å². The van der Waals surface area contributed by atoms with E-state index in [0.717, 1.165) is 6.42 Å². The van der Waals surface area contributed by atoms with Crippen LogP contribution in [0.1, 0.15) is 26.3 Å². The van der Waals surface area contributed by atoms with E-state index in [1.165, 1.54) is 5.56 Å². The molecule has 0 atom stereocenters. The molecule has 12 heteroatoms. The van der Waals surface area contributed by atoms with Crippen LogP contribution in [0.4, 0.5) is 26.3 Å². The van der Waals surface area contributed by atoms with Gasteiger partial charge in [0.15, 0.2) is 0 Å². The van der Waals surface area contributed by atoms with Crippen molar-refractivity contribution in [2.75, 3.05) is 0 Å². The minimum absolute atomic E-state index is 1.14. The topological polar surface area (TPSA) is 68.3 Å². The van der Waals surface area contributed by atoms with Crippen molar-refractivity contribution in [1.29, 1.82) is 0 Å². The van der Waals surface area contributed by atoms with E-state index in [4.69, 9.17) is 0 Å². The van der Waals surface area contributed by atoms with Crippen LogP contribution in [0.25, 0.3) is 0 Å². The lowest BCUT2D eigenvalue weighted by Gasteiger charge is -2.10. The minimum Gasteiger partial charge on any atom is -0.203 e. The fourth-order valence-electron chi connectivity index (χ4n) is 0.963. The van der Waals surface area contributed by atoms with Crippen molar-refractivity contribution in [3.63, 3.8) is 0 Å². The van der Waals surface area contributed by atoms with Gasteiger partial charge in [0.1, 0.15) is 0 Å². The summed E-state index contributed by atoms with van der Waals surface area (Å²) in [7, 11) is -14.6. The second-order valence-electron chi connectivity index (χ2n) is 3.64. The monoisotopic (exact) mass is 402 g/mol. The number of halogens is 6. The van der Waals surface area contributed by atoms with E-state index < -0.39 is 28.8 Å². The average molecular weight is 402 g/mol. The zero-order valence-electron chi connectivity index (χ0n) is 12.8. The van der Waals surface area contributed by atoms with Crippen molar-refractivity contribution < 1.29 is 43.2 Å². The zero-order valence-corrected chi connectivity index (χ0v) is 14.4. The molecule has 1 aromatic rings. The SMILES string of the molecule is CC.CCc1ccccc1.O=S(=O)(C(F)(F)F)S(=O)(=O)C(F)(F)F. The molecule has 0 bridgehead atoms. The zero-order chi connectivity index (χ0) is 19.8. The summed E-state index contributed by atoms with van der Waals surface area (Å²) in [6, 6.07) is 10.5. The number of hydrogen-bond acceptors (Lipinski definition) is 4. The fourth-order valence-corrected chi connectivity index (χ4v) is 2.95. The maximum absolute atomic E-state index is 11.4. The fraction of sp³-hybridized carbons (Fsp3) is 0.500. The van der Waals surface area contributed by atoms with Gasteiger partial charge in [0, 0.05) is 0 Å². The smallest absolute Gasteiger partial charge is 0.203 e. The Balaban J connectivity index is 0. The molecule has 0 aliphatic heterocycles. The van der Waals surface area contributed by atoms with E-state index in [2.05, 4.69) is 31.2 Å². The molecule has 0 aliphatic rings. The summed E-state index contributed by atoms with van der Waals surface area (Å²) in [5, 5.41) is 0. The highest BCUT2D eigenvalue weighted by Crippen LogP contribution is 2.36. The Morgan fingerprint density at radius 2 is 1.04 bits per heavy atom. The van der Waals surface area contributed by atoms with Crippen LogP contribution in [0.3, 0.4) is 0 Å². The first-order chi connectivity index (χ1) is 10.7. The van der Waals surface area contributed by atoms with Gasteiger partial charge in [-0.25, -0.2) is 16.8 Å². The molecule has 24 heavy (non-hydrogen) atoms. The maximum Gasteiger partial charge on any atom is 0.512 e. The van der Waals surface area contributed by atoms with Crippen molar-refractivity contribution in [1.82, 2.24) is 0 Å². The van der Waals surface area contributed by atoms with Crippen LogP contribution in [0, 0.1) is 0 Å². The van der Waals surface area contributed by atoms with E-state index in [0.29, 0.717) is 0 Å². The summed E-state index contributed by atoms with van der Waals surface area (Å²) in [5.41, 5.74) is -11.6. The molecule has 0 aromatic heterocycles. The lowest BCUT2D eigenvalue weighted by atomic mass is 10.2. The second kappa shape index (κ2) is 9.25. The summed E-state index contributed by atoms with van der Waals surface area (Å²) < 4.78 is 108. The lowest BCUT2D eigenvalue weighted by molar-refractivity contribution is -0.0498. The maximum atomic E-state index is 11.4. The van der Waals surface area contributed by atoms with Crippen molar-refractivity contribution in [2.45, 2.75) is 38.2 Å². The number of rotatable bonds is 2. The van der Waals surface area contributed by atoms with Crippen LogP contribution in [0.15, 0.2) is 30.3 Å². The molecular formula is C12H16F6O4S2. The largest absolute Gasteiger partial charge is 0.512 e. The van der Waals surface area contributed by atoms with Crippen molar-refractivity contribution in [2.24, 2.45) is 0 Å². The number of hydrogen-bond donors (Lipinski definition) is 0. The van der Waals surface area contributed by atoms with E-state index >= 15 is 0 Å². The van der Waals surface area contributed by atoms with Gasteiger partial charge in [0.05, 0.1) is 0 Å². The van der Waals surface area contributed by atoms with Gasteiger partial charge in [-0.1, -0.05) is 51.1 Å². The average Bonchev–Trinajstić information content (AvgIpc) is 2.48. The third kappa shape index (κ3) is 6.30. The van der Waals surface area contributed by atoms with Gasteiger partial charge < -0.3 is 0 Å². The number of alkyl halides is 6. The van der Waals surface area contributed by atoms with Crippen LogP contribution in [0.2, 0.25) is 0 Å². The normalized spacial score (nSPS) is 12.4. The third-order valence-corrected chi connectivity index (χ3v) is 6.69. The molecule has 0 spiro atoms. The van der Waals surface area contributed by atoms with Gasteiger partial charge in [0.2, 0.25) is 0 Å². The first kappa shape index (κ1) is 24.9. The van der Waals surface area contributed by atoms with Crippen molar-refractivity contribution in [3.8, 4) is 0 Å². The molecule has 142 valence electrons. The molecule has 0 amide bonds. The third-order valence-electron chi connectivity index (χ3n) is 2.11. The molecule has 0 fully saturated rings. The van der Waals surface area contributed by atoms with Gasteiger partial charge in [-0.15, -0.1) is 0 Å². The molecule has 0 N–H and O–H groups in total. The molecule has 1 aromatic carbocycles. The van der Waals surface area contributed by atoms with Crippen LogP contribution in [-0.4, -0.2) is 27.9 Å². The number of aryl methyl sites for hydroxylation is 1. The predicted molar refractivity (Wildman–Crippen MR) is 77.1 cm³/mol. The van der Waals surface area contributed by atoms with E-state index in [-0.39, 0.29) is 0 Å². The minimum atomic E-state index is -7.29. The first-order valence-electron chi connectivity index (χ1n) is 6.35. The molecular weight excluding hydrogens is 386 g/mol. The standard InChI is InChI=1S/C8H10.C2F6O4S2.C2H6/c1-2-8-6-4-3-5-7-8;3-1(4,5)13(9,10)14(11,12)2(6,7)8;1-2/h3-7H,2H2,1H3;;1-2H3. The quantitative estimate of drug-likeness (QED) is 0.553. The molecule has 0 saturated heterocycles. The lowest BCUT2D eigenvalue weighted by Crippen LogP contribution is -2.39. The Bertz CT molecular complexity index is 634. The summed E-state index contributed by atoms with van der Waals surface area (Å²) >= 11 is 0. The highest BCUT2D eigenvalue weighted by atomic mass is 33.2. The first-order valence-corrected chi connectivity index (χ1v) is 9.83. The predicted octanol–water partition coefficient (Wildman–Crippen LogP) is 4.05. The van der Waals surface area contributed by atoms with Crippen LogP contribution in [-0.2, 0) is 24.2 Å². The second-order valence-corrected chi connectivity index (χ2v) is 9.01. The van der Waals surface area contributed by atoms with Crippen LogP contribution in [0.5, 0.6) is 0 Å². The van der Waals surface area contributed by atoms with Gasteiger partial charge in [-0.2, -0.15) is 26.3 Å². The Morgan fingerprint density at radius 3 is 1.21 bits per heavy atom. The highest BCUT2D eigenvalue weighted by molar-refractivity contribution is 8.67. The Kier molecular flexibility index (Phi) is 9.62. The van der Waals surface area contributed by atoms with E-state index in [1.54, 1.807) is 0 Å². The van der Waals surface area contributed by atoms with Crippen molar-refractivity contribution in [3.05, 3.63) is 35.9 Å². The van der Waals surface area contributed by atoms with Crippen LogP contribution >= 0.6 is 0 Å². The Hall–Kier alpha value is -1.30. The number of benzene rings is 1. The van der Waals surface area contributed by atoms with E-state index in [1.807, 2.05) is 19.9 Å². The van der Waals surface area contributed by atoms with Gasteiger partial charge in [0.25, 0.3) is 0 Å². The molecule has 4 nitrogen and oxygen atoms in total. The summed E-state index contributed by atoms with van der Waals surface area (Å²) in [6.45, 7) is 6.16. The van der Waals surface area contributed by atoms with Gasteiger partial charge in [-0.3, -0.25) is 0 Å². The molecule has 1 rings (SSSR count). The van der Waals surface area contributed by atoms with E-state index in [9.17, 15) is 43.2 Å². The Morgan fingerprint density at radius 1 is 0.750 bits per heavy atom. The molecule has 0 heterocycles. The summed E-state index contributed by atoms with van der Waals surface area (Å²) in [4.78, 5) is 0. The molecule has 0 aliphatic carbocycles. The summed E-state index contributed by atoms with van der Waals surface area (Å²) in [6.07, 6.45) is 1.14. The molecule has 0 unspecified atom stereocenters.